The summed E-state index contributed by atoms with van der Waals surface area (Å²) in [5, 5.41) is 16.7. The Labute approximate surface area is 190 Å². The van der Waals surface area contributed by atoms with Crippen LogP contribution in [0, 0.1) is 0 Å². The Morgan fingerprint density at radius 1 is 1.12 bits per heavy atom. The molecule has 0 radical (unpaired) electrons. The molecule has 1 aliphatic heterocycles. The molecule has 2 heterocycles. The van der Waals surface area contributed by atoms with Gasteiger partial charge in [0.05, 0.1) is 26.0 Å². The highest BCUT2D eigenvalue weighted by Gasteiger charge is 2.35. The van der Waals surface area contributed by atoms with Gasteiger partial charge in [0.2, 0.25) is 11.8 Å². The third-order valence-electron chi connectivity index (χ3n) is 6.37. The molecule has 33 heavy (non-hydrogen) atoms. The number of nitrogens with one attached hydrogen (secondary N) is 1. The molecule has 2 aromatic rings. The van der Waals surface area contributed by atoms with Crippen molar-refractivity contribution in [1.29, 1.82) is 0 Å². The number of rotatable bonds is 5. The van der Waals surface area contributed by atoms with Crippen molar-refractivity contribution < 1.29 is 19.4 Å². The Balaban J connectivity index is 1.76. The lowest BCUT2D eigenvalue weighted by atomic mass is 9.95. The molecule has 2 aliphatic rings. The molecular weight excluding hydrogens is 428 g/mol. The van der Waals surface area contributed by atoms with E-state index in [1.807, 2.05) is 0 Å². The Morgan fingerprint density at radius 2 is 1.82 bits per heavy atom. The lowest BCUT2D eigenvalue weighted by Gasteiger charge is -2.25. The fourth-order valence-corrected chi connectivity index (χ4v) is 4.75. The monoisotopic (exact) mass is 456 g/mol. The van der Waals surface area contributed by atoms with Gasteiger partial charge in [-0.2, -0.15) is 5.10 Å². The Hall–Kier alpha value is -3.56. The van der Waals surface area contributed by atoms with E-state index in [-0.39, 0.29) is 29.6 Å². The van der Waals surface area contributed by atoms with Crippen LogP contribution in [0.5, 0.6) is 17.4 Å². The van der Waals surface area contributed by atoms with Crippen molar-refractivity contribution in [2.45, 2.75) is 57.5 Å². The molecule has 10 nitrogen and oxygen atoms in total. The summed E-state index contributed by atoms with van der Waals surface area (Å²) in [7, 11) is 3.06. The standard InChI is InChI=1S/C23H28N4O6/c1-13(28)27-17(14-9-10-18(32-2)19(11-14)33-3)12-16(25-27)20-21(29)24-23(31)26(22(20)30)15-7-5-4-6-8-15/h9-11,15,17,30H,4-8,12H2,1-3H3,(H,24,29,31)/t17-/m0/s1. The molecule has 2 N–H and O–H groups in total. The number of amides is 1. The van der Waals surface area contributed by atoms with Crippen molar-refractivity contribution >= 4 is 11.6 Å². The maximum atomic E-state index is 12.7. The zero-order valence-electron chi connectivity index (χ0n) is 19.0. The van der Waals surface area contributed by atoms with Crippen molar-refractivity contribution in [3.05, 3.63) is 50.2 Å². The summed E-state index contributed by atoms with van der Waals surface area (Å²) in [5.41, 5.74) is -0.452. The summed E-state index contributed by atoms with van der Waals surface area (Å²) in [6.45, 7) is 1.38. The van der Waals surface area contributed by atoms with Crippen LogP contribution >= 0.6 is 0 Å². The minimum Gasteiger partial charge on any atom is -0.494 e. The molecule has 176 valence electrons. The summed E-state index contributed by atoms with van der Waals surface area (Å²) >= 11 is 0. The van der Waals surface area contributed by atoms with Gasteiger partial charge >= 0.3 is 5.69 Å². The summed E-state index contributed by atoms with van der Waals surface area (Å²) in [5.74, 6) is 0.328. The van der Waals surface area contributed by atoms with E-state index in [0.717, 1.165) is 37.7 Å². The van der Waals surface area contributed by atoms with E-state index in [0.29, 0.717) is 11.5 Å². The second-order valence-corrected chi connectivity index (χ2v) is 8.36. The van der Waals surface area contributed by atoms with E-state index in [9.17, 15) is 19.5 Å². The number of nitrogens with zero attached hydrogens (tertiary/aromatic N) is 3. The summed E-state index contributed by atoms with van der Waals surface area (Å²) in [6.07, 6.45) is 4.67. The zero-order valence-corrected chi connectivity index (χ0v) is 19.0. The van der Waals surface area contributed by atoms with Gasteiger partial charge in [-0.05, 0) is 30.5 Å². The molecule has 10 heteroatoms. The van der Waals surface area contributed by atoms with Crippen molar-refractivity contribution in [2.24, 2.45) is 5.10 Å². The number of aromatic nitrogens is 2. The number of aromatic amines is 1. The average molecular weight is 456 g/mol. The first-order valence-corrected chi connectivity index (χ1v) is 11.0. The zero-order chi connectivity index (χ0) is 23.7. The van der Waals surface area contributed by atoms with Crippen LogP contribution in [0.15, 0.2) is 32.9 Å². The minimum absolute atomic E-state index is 0.0746. The SMILES string of the molecule is COc1ccc([C@@H]2CC(c3c(O)n(C4CCCCC4)c(=O)[nH]c3=O)=NN2C(C)=O)cc1OC. The third kappa shape index (κ3) is 4.12. The van der Waals surface area contributed by atoms with Crippen molar-refractivity contribution in [2.75, 3.05) is 14.2 Å². The molecule has 1 atom stereocenters. The molecule has 1 amide bonds. The second-order valence-electron chi connectivity index (χ2n) is 8.36. The van der Waals surface area contributed by atoms with Gasteiger partial charge in [-0.1, -0.05) is 25.3 Å². The molecule has 0 unspecified atom stereocenters. The first-order valence-electron chi connectivity index (χ1n) is 11.0. The molecular formula is C23H28N4O6. The maximum Gasteiger partial charge on any atom is 0.331 e. The van der Waals surface area contributed by atoms with Crippen LogP contribution < -0.4 is 20.7 Å². The van der Waals surface area contributed by atoms with Crippen LogP contribution in [-0.4, -0.2) is 45.5 Å². The molecule has 1 aromatic heterocycles. The number of ether oxygens (including phenoxy) is 2. The maximum absolute atomic E-state index is 12.7. The fourth-order valence-electron chi connectivity index (χ4n) is 4.75. The average Bonchev–Trinajstić information content (AvgIpc) is 3.24. The Kier molecular flexibility index (Phi) is 6.26. The van der Waals surface area contributed by atoms with E-state index in [1.165, 1.54) is 30.7 Å². The van der Waals surface area contributed by atoms with Crippen LogP contribution in [0.25, 0.3) is 0 Å². The quantitative estimate of drug-likeness (QED) is 0.712. The number of benzene rings is 1. The number of aromatic hydroxyl groups is 1. The number of hydrazone groups is 1. The van der Waals surface area contributed by atoms with Gasteiger partial charge in [0.15, 0.2) is 11.5 Å². The van der Waals surface area contributed by atoms with Gasteiger partial charge in [-0.3, -0.25) is 19.1 Å². The highest BCUT2D eigenvalue weighted by Crippen LogP contribution is 2.38. The molecule has 4 rings (SSSR count). The Morgan fingerprint density at radius 3 is 2.45 bits per heavy atom. The minimum atomic E-state index is -0.722. The molecule has 0 saturated heterocycles. The number of hydrogen-bond acceptors (Lipinski definition) is 7. The van der Waals surface area contributed by atoms with Crippen molar-refractivity contribution in [3.8, 4) is 17.4 Å². The van der Waals surface area contributed by atoms with Crippen LogP contribution in [0.2, 0.25) is 0 Å². The summed E-state index contributed by atoms with van der Waals surface area (Å²) in [4.78, 5) is 40.0. The van der Waals surface area contributed by atoms with Crippen LogP contribution in [-0.2, 0) is 4.79 Å². The first kappa shape index (κ1) is 22.6. The van der Waals surface area contributed by atoms with Crippen LogP contribution in [0.1, 0.15) is 68.7 Å². The van der Waals surface area contributed by atoms with Gasteiger partial charge in [-0.25, -0.2) is 9.80 Å². The highest BCUT2D eigenvalue weighted by molar-refractivity contribution is 6.04. The van der Waals surface area contributed by atoms with E-state index >= 15 is 0 Å². The van der Waals surface area contributed by atoms with Gasteiger partial charge < -0.3 is 14.6 Å². The lowest BCUT2D eigenvalue weighted by molar-refractivity contribution is -0.130. The molecule has 1 aromatic carbocycles. The lowest BCUT2D eigenvalue weighted by Crippen LogP contribution is -2.36. The van der Waals surface area contributed by atoms with E-state index in [1.54, 1.807) is 18.2 Å². The van der Waals surface area contributed by atoms with E-state index in [4.69, 9.17) is 9.47 Å². The largest absolute Gasteiger partial charge is 0.494 e. The third-order valence-corrected chi connectivity index (χ3v) is 6.37. The number of methoxy groups -OCH3 is 2. The van der Waals surface area contributed by atoms with Crippen LogP contribution in [0.3, 0.4) is 0 Å². The first-order chi connectivity index (χ1) is 15.8. The highest BCUT2D eigenvalue weighted by atomic mass is 16.5. The van der Waals surface area contributed by atoms with Gasteiger partial charge in [0, 0.05) is 19.4 Å². The summed E-state index contributed by atoms with van der Waals surface area (Å²) < 4.78 is 11.9. The van der Waals surface area contributed by atoms with Crippen molar-refractivity contribution in [1.82, 2.24) is 14.6 Å². The van der Waals surface area contributed by atoms with Gasteiger partial charge in [0.25, 0.3) is 5.56 Å². The second kappa shape index (κ2) is 9.13. The number of H-pyrrole nitrogens is 1. The molecule has 0 bridgehead atoms. The predicted octanol–water partition coefficient (Wildman–Crippen LogP) is 2.46. The number of carbonyl (C=O) groups is 1. The van der Waals surface area contributed by atoms with Crippen LogP contribution in [0.4, 0.5) is 0 Å². The van der Waals surface area contributed by atoms with Crippen molar-refractivity contribution in [3.63, 3.8) is 0 Å². The fraction of sp³-hybridized carbons (Fsp3) is 0.478. The summed E-state index contributed by atoms with van der Waals surface area (Å²) in [6, 6.07) is 4.59. The Bertz CT molecular complexity index is 1210. The normalized spacial score (nSPS) is 18.8. The predicted molar refractivity (Wildman–Crippen MR) is 121 cm³/mol. The topological polar surface area (TPSA) is 126 Å². The molecule has 1 fully saturated rings. The van der Waals surface area contributed by atoms with E-state index < -0.39 is 23.2 Å². The smallest absolute Gasteiger partial charge is 0.331 e. The number of carbonyl (C=O) groups excluding carboxylic acids is 1. The van der Waals surface area contributed by atoms with Gasteiger partial charge in [-0.15, -0.1) is 0 Å². The van der Waals surface area contributed by atoms with E-state index in [2.05, 4.69) is 10.1 Å². The molecule has 1 aliphatic carbocycles. The van der Waals surface area contributed by atoms with Gasteiger partial charge in [0.1, 0.15) is 5.56 Å². The molecule has 1 saturated carbocycles. The number of hydrogen-bond donors (Lipinski definition) is 2. The molecule has 0 spiro atoms.